The van der Waals surface area contributed by atoms with E-state index in [-0.39, 0.29) is 39.6 Å². The SMILES string of the molecule is C=CCOC(=O)C1=C(C=O)S[C@H]2N1C(=O)[C@]2(C)[C@@H](C)O[Si](CC)(CC)C(C)(C)C. The van der Waals surface area contributed by atoms with Gasteiger partial charge in [-0.15, -0.1) is 0 Å². The van der Waals surface area contributed by atoms with Crippen LogP contribution in [0.2, 0.25) is 17.1 Å². The summed E-state index contributed by atoms with van der Waals surface area (Å²) in [5, 5.41) is -0.320. The number of fused-ring (bicyclic) bond motifs is 1. The average molecular weight is 440 g/mol. The van der Waals surface area contributed by atoms with Crippen LogP contribution in [0, 0.1) is 5.41 Å². The second kappa shape index (κ2) is 8.39. The Morgan fingerprint density at radius 3 is 2.41 bits per heavy atom. The number of thioether (sulfide) groups is 1. The molecule has 0 bridgehead atoms. The minimum absolute atomic E-state index is 0.0231. The highest BCUT2D eigenvalue weighted by Crippen LogP contribution is 2.58. The summed E-state index contributed by atoms with van der Waals surface area (Å²) in [5.41, 5.74) is -0.774. The second-order valence-electron chi connectivity index (χ2n) is 8.86. The number of allylic oxidation sites excluding steroid dienone is 1. The number of esters is 1. The molecule has 0 aromatic heterocycles. The van der Waals surface area contributed by atoms with E-state index in [4.69, 9.17) is 9.16 Å². The molecule has 6 nitrogen and oxygen atoms in total. The zero-order valence-electron chi connectivity index (χ0n) is 18.5. The third kappa shape index (κ3) is 3.63. The van der Waals surface area contributed by atoms with E-state index in [1.54, 1.807) is 0 Å². The van der Waals surface area contributed by atoms with Crippen LogP contribution >= 0.6 is 11.8 Å². The number of hydrogen-bond donors (Lipinski definition) is 0. The van der Waals surface area contributed by atoms with Crippen LogP contribution in [0.15, 0.2) is 23.3 Å². The minimum atomic E-state index is -2.12. The maximum absolute atomic E-state index is 13.2. The molecule has 0 aliphatic carbocycles. The van der Waals surface area contributed by atoms with Crippen molar-refractivity contribution in [2.24, 2.45) is 5.41 Å². The van der Waals surface area contributed by atoms with Crippen LogP contribution in [0.3, 0.4) is 0 Å². The van der Waals surface area contributed by atoms with Crippen molar-refractivity contribution in [3.63, 3.8) is 0 Å². The summed E-state index contributed by atoms with van der Waals surface area (Å²) in [7, 11) is -2.12. The molecule has 2 aliphatic heterocycles. The van der Waals surface area contributed by atoms with Gasteiger partial charge in [-0.1, -0.05) is 59.0 Å². The quantitative estimate of drug-likeness (QED) is 0.176. The van der Waals surface area contributed by atoms with Gasteiger partial charge in [-0.3, -0.25) is 14.5 Å². The zero-order valence-corrected chi connectivity index (χ0v) is 20.4. The third-order valence-electron chi connectivity index (χ3n) is 6.53. The predicted octanol–water partition coefficient (Wildman–Crippen LogP) is 4.24. The van der Waals surface area contributed by atoms with Crippen LogP contribution in [-0.4, -0.2) is 49.5 Å². The van der Waals surface area contributed by atoms with Gasteiger partial charge in [0.15, 0.2) is 14.6 Å². The molecule has 3 atom stereocenters. The highest BCUT2D eigenvalue weighted by molar-refractivity contribution is 8.04. The van der Waals surface area contributed by atoms with Gasteiger partial charge < -0.3 is 9.16 Å². The molecule has 0 unspecified atom stereocenters. The Morgan fingerprint density at radius 1 is 1.38 bits per heavy atom. The first-order valence-electron chi connectivity index (χ1n) is 10.1. The van der Waals surface area contributed by atoms with Gasteiger partial charge in [0.2, 0.25) is 5.91 Å². The molecular formula is C21H33NO5SSi. The van der Waals surface area contributed by atoms with Gasteiger partial charge in [-0.2, -0.15) is 0 Å². The Balaban J connectivity index is 2.30. The summed E-state index contributed by atoms with van der Waals surface area (Å²) in [6, 6.07) is 1.92. The fraction of sp³-hybridized carbons (Fsp3) is 0.667. The molecule has 0 radical (unpaired) electrons. The molecule has 162 valence electrons. The molecule has 1 amide bonds. The van der Waals surface area contributed by atoms with Crippen molar-refractivity contribution in [1.29, 1.82) is 0 Å². The van der Waals surface area contributed by atoms with Crippen LogP contribution in [-0.2, 0) is 23.5 Å². The summed E-state index contributed by atoms with van der Waals surface area (Å²) in [5.74, 6) is -0.875. The van der Waals surface area contributed by atoms with E-state index in [2.05, 4.69) is 41.2 Å². The average Bonchev–Trinajstić information content (AvgIpc) is 3.05. The largest absolute Gasteiger partial charge is 0.457 e. The number of amides is 1. The maximum atomic E-state index is 13.2. The normalized spacial score (nSPS) is 25.4. The molecule has 2 aliphatic rings. The first-order valence-corrected chi connectivity index (χ1v) is 13.3. The van der Waals surface area contributed by atoms with Crippen molar-refractivity contribution in [3.05, 3.63) is 23.3 Å². The first kappa shape index (κ1) is 23.9. The topological polar surface area (TPSA) is 72.9 Å². The van der Waals surface area contributed by atoms with Gasteiger partial charge in [0.25, 0.3) is 0 Å². The van der Waals surface area contributed by atoms with E-state index in [1.165, 1.54) is 22.7 Å². The summed E-state index contributed by atoms with van der Waals surface area (Å²) < 4.78 is 11.8. The Bertz CT molecular complexity index is 740. The predicted molar refractivity (Wildman–Crippen MR) is 118 cm³/mol. The molecule has 29 heavy (non-hydrogen) atoms. The van der Waals surface area contributed by atoms with Crippen LogP contribution in [0.25, 0.3) is 0 Å². The van der Waals surface area contributed by atoms with Crippen LogP contribution in [0.4, 0.5) is 0 Å². The fourth-order valence-corrected chi connectivity index (χ4v) is 10.0. The molecule has 0 N–H and O–H groups in total. The van der Waals surface area contributed by atoms with Gasteiger partial charge in [0.05, 0.1) is 11.0 Å². The van der Waals surface area contributed by atoms with Gasteiger partial charge >= 0.3 is 5.97 Å². The lowest BCUT2D eigenvalue weighted by atomic mass is 9.75. The smallest absolute Gasteiger partial charge is 0.356 e. The van der Waals surface area contributed by atoms with Crippen LogP contribution in [0.1, 0.15) is 48.5 Å². The number of carbonyl (C=O) groups excluding carboxylic acids is 3. The van der Waals surface area contributed by atoms with E-state index in [0.717, 1.165) is 12.1 Å². The Kier molecular flexibility index (Phi) is 6.92. The van der Waals surface area contributed by atoms with Gasteiger partial charge in [0, 0.05) is 0 Å². The molecule has 2 heterocycles. The lowest BCUT2D eigenvalue weighted by Crippen LogP contribution is -2.70. The number of carbonyl (C=O) groups is 3. The number of ether oxygens (including phenoxy) is 1. The highest BCUT2D eigenvalue weighted by atomic mass is 32.2. The summed E-state index contributed by atoms with van der Waals surface area (Å²) >= 11 is 1.24. The summed E-state index contributed by atoms with van der Waals surface area (Å²) in [4.78, 5) is 38.9. The third-order valence-corrected chi connectivity index (χ3v) is 13.8. The maximum Gasteiger partial charge on any atom is 0.356 e. The Morgan fingerprint density at radius 2 is 1.97 bits per heavy atom. The standard InChI is InChI=1S/C21H33NO5SSi/c1-9-12-26-17(24)16-15(13-23)28-19-21(8,18(25)22(16)19)14(4)27-29(10-2,11-3)20(5,6)7/h9,13-14,19H,1,10-12H2,2-8H3/t14-,19-,21+/m1/s1. The Hall–Kier alpha value is -1.38. The van der Waals surface area contributed by atoms with Gasteiger partial charge in [0.1, 0.15) is 23.1 Å². The molecule has 0 spiro atoms. The monoisotopic (exact) mass is 439 g/mol. The van der Waals surface area contributed by atoms with Crippen LogP contribution in [0.5, 0.6) is 0 Å². The van der Waals surface area contributed by atoms with Crippen molar-refractivity contribution in [3.8, 4) is 0 Å². The van der Waals surface area contributed by atoms with Crippen molar-refractivity contribution in [1.82, 2.24) is 4.90 Å². The number of rotatable bonds is 9. The number of aldehydes is 1. The number of nitrogens with zero attached hydrogens (tertiary/aromatic N) is 1. The van der Waals surface area contributed by atoms with Crippen molar-refractivity contribution in [2.45, 2.75) is 77.1 Å². The van der Waals surface area contributed by atoms with E-state index in [1.807, 2.05) is 13.8 Å². The molecule has 1 fully saturated rings. The van der Waals surface area contributed by atoms with E-state index in [0.29, 0.717) is 6.29 Å². The van der Waals surface area contributed by atoms with Crippen molar-refractivity contribution >= 4 is 38.2 Å². The van der Waals surface area contributed by atoms with Crippen molar-refractivity contribution in [2.75, 3.05) is 6.61 Å². The van der Waals surface area contributed by atoms with Crippen LogP contribution < -0.4 is 0 Å². The van der Waals surface area contributed by atoms with E-state index >= 15 is 0 Å². The molecule has 2 rings (SSSR count). The van der Waals surface area contributed by atoms with Gasteiger partial charge in [-0.05, 0) is 31.0 Å². The highest BCUT2D eigenvalue weighted by Gasteiger charge is 2.67. The van der Waals surface area contributed by atoms with E-state index in [9.17, 15) is 14.4 Å². The molecule has 0 saturated carbocycles. The minimum Gasteiger partial charge on any atom is -0.457 e. The lowest BCUT2D eigenvalue weighted by molar-refractivity contribution is -0.170. The Labute approximate surface area is 179 Å². The molecule has 8 heteroatoms. The molecule has 1 saturated heterocycles. The zero-order chi connectivity index (χ0) is 22.2. The molecular weight excluding hydrogens is 406 g/mol. The van der Waals surface area contributed by atoms with E-state index < -0.39 is 19.7 Å². The second-order valence-corrected chi connectivity index (χ2v) is 15.1. The number of hydrogen-bond acceptors (Lipinski definition) is 6. The fourth-order valence-electron chi connectivity index (χ4n) is 4.34. The molecule has 0 aromatic rings. The van der Waals surface area contributed by atoms with Gasteiger partial charge in [-0.25, -0.2) is 4.79 Å². The van der Waals surface area contributed by atoms with Crippen molar-refractivity contribution < 1.29 is 23.5 Å². The number of β-lactam (4-membered cyclic amide) rings is 1. The summed E-state index contributed by atoms with van der Waals surface area (Å²) in [6.07, 6.45) is 1.74. The molecule has 0 aromatic carbocycles. The summed E-state index contributed by atoms with van der Waals surface area (Å²) in [6.45, 7) is 18.3. The first-order chi connectivity index (χ1) is 13.4. The lowest BCUT2D eigenvalue weighted by Gasteiger charge is -2.55.